The van der Waals surface area contributed by atoms with Gasteiger partial charge in [0.2, 0.25) is 0 Å². The Morgan fingerprint density at radius 3 is 2.56 bits per heavy atom. The third-order valence-corrected chi connectivity index (χ3v) is 4.08. The lowest BCUT2D eigenvalue weighted by Crippen LogP contribution is -2.39. The van der Waals surface area contributed by atoms with Gasteiger partial charge >= 0.3 is 0 Å². The van der Waals surface area contributed by atoms with Crippen LogP contribution in [0, 0.1) is 13.8 Å². The summed E-state index contributed by atoms with van der Waals surface area (Å²) in [5.41, 5.74) is 4.20. The minimum Gasteiger partial charge on any atom is -0.296 e. The zero-order valence-electron chi connectivity index (χ0n) is 11.6. The number of hydrogen-bond donors (Lipinski definition) is 0. The zero-order valence-corrected chi connectivity index (χ0v) is 12.3. The van der Waals surface area contributed by atoms with E-state index in [1.807, 2.05) is 0 Å². The van der Waals surface area contributed by atoms with E-state index in [4.69, 9.17) is 11.6 Å². The molecule has 1 aromatic carbocycles. The van der Waals surface area contributed by atoms with Crippen molar-refractivity contribution in [1.82, 2.24) is 4.90 Å². The molecule has 0 bridgehead atoms. The molecule has 2 rings (SSSR count). The van der Waals surface area contributed by atoms with Gasteiger partial charge in [-0.05, 0) is 45.2 Å². The zero-order chi connectivity index (χ0) is 13.0. The molecule has 0 spiro atoms. The van der Waals surface area contributed by atoms with Crippen molar-refractivity contribution < 1.29 is 0 Å². The summed E-state index contributed by atoms with van der Waals surface area (Å²) >= 11 is 5.93. The molecule has 1 nitrogen and oxygen atoms in total. The van der Waals surface area contributed by atoms with Crippen molar-refractivity contribution in [1.29, 1.82) is 0 Å². The molecule has 0 saturated carbocycles. The van der Waals surface area contributed by atoms with Crippen molar-refractivity contribution in [3.05, 3.63) is 34.9 Å². The maximum absolute atomic E-state index is 5.93. The molecule has 0 aromatic heterocycles. The first kappa shape index (κ1) is 13.9. The number of aryl methyl sites for hydroxylation is 2. The summed E-state index contributed by atoms with van der Waals surface area (Å²) < 4.78 is 0. The van der Waals surface area contributed by atoms with Gasteiger partial charge in [-0.15, -0.1) is 11.6 Å². The number of likely N-dealkylation sites (tertiary alicyclic amines) is 1. The molecule has 0 aliphatic carbocycles. The summed E-state index contributed by atoms with van der Waals surface area (Å²) in [6, 6.07) is 7.58. The maximum atomic E-state index is 5.93. The van der Waals surface area contributed by atoms with Crippen LogP contribution in [0.2, 0.25) is 0 Å². The van der Waals surface area contributed by atoms with Crippen LogP contribution in [0.3, 0.4) is 0 Å². The van der Waals surface area contributed by atoms with Crippen LogP contribution in [0.15, 0.2) is 18.2 Å². The molecule has 1 aliphatic heterocycles. The van der Waals surface area contributed by atoms with Gasteiger partial charge in [0.1, 0.15) is 0 Å². The van der Waals surface area contributed by atoms with E-state index in [-0.39, 0.29) is 0 Å². The highest BCUT2D eigenvalue weighted by Gasteiger charge is 2.21. The smallest absolute Gasteiger partial charge is 0.0238 e. The fraction of sp³-hybridized carbons (Fsp3) is 0.625. The molecule has 1 heterocycles. The second-order valence-corrected chi connectivity index (χ2v) is 5.97. The maximum Gasteiger partial charge on any atom is 0.0238 e. The third kappa shape index (κ3) is 3.73. The molecule has 100 valence electrons. The Labute approximate surface area is 116 Å². The molecule has 1 saturated heterocycles. The normalized spacial score (nSPS) is 21.2. The second-order valence-electron chi connectivity index (χ2n) is 5.59. The standard InChI is InChI=1S/C16H24ClN/c1-13-9-14(2)11-15(10-13)12-18-8-4-3-5-16(18)6-7-17/h9-11,16H,3-8,12H2,1-2H3. The molecule has 0 N–H and O–H groups in total. The van der Waals surface area contributed by atoms with E-state index < -0.39 is 0 Å². The van der Waals surface area contributed by atoms with Crippen molar-refractivity contribution in [2.45, 2.75) is 52.1 Å². The predicted octanol–water partition coefficient (Wildman–Crippen LogP) is 4.29. The van der Waals surface area contributed by atoms with E-state index in [2.05, 4.69) is 36.9 Å². The quantitative estimate of drug-likeness (QED) is 0.735. The lowest BCUT2D eigenvalue weighted by atomic mass is 9.98. The van der Waals surface area contributed by atoms with Crippen LogP contribution < -0.4 is 0 Å². The van der Waals surface area contributed by atoms with Crippen LogP contribution in [0.1, 0.15) is 42.4 Å². The Hall–Kier alpha value is -0.530. The van der Waals surface area contributed by atoms with Gasteiger partial charge in [0, 0.05) is 18.5 Å². The first-order chi connectivity index (χ1) is 8.69. The minimum absolute atomic E-state index is 0.692. The molecule has 1 unspecified atom stereocenters. The van der Waals surface area contributed by atoms with Crippen LogP contribution in [0.4, 0.5) is 0 Å². The average molecular weight is 266 g/mol. The Bertz CT molecular complexity index is 366. The number of hydrogen-bond acceptors (Lipinski definition) is 1. The fourth-order valence-electron chi connectivity index (χ4n) is 3.12. The molecule has 0 radical (unpaired) electrons. The number of halogens is 1. The molecular weight excluding hydrogens is 242 g/mol. The van der Waals surface area contributed by atoms with Crippen molar-refractivity contribution in [2.24, 2.45) is 0 Å². The lowest BCUT2D eigenvalue weighted by molar-refractivity contribution is 0.137. The second kappa shape index (κ2) is 6.58. The molecule has 1 fully saturated rings. The van der Waals surface area contributed by atoms with Crippen molar-refractivity contribution in [3.63, 3.8) is 0 Å². The summed E-state index contributed by atoms with van der Waals surface area (Å²) in [5.74, 6) is 0.786. The highest BCUT2D eigenvalue weighted by atomic mass is 35.5. The molecule has 2 heteroatoms. The van der Waals surface area contributed by atoms with Gasteiger partial charge < -0.3 is 0 Å². The Balaban J connectivity index is 2.05. The summed E-state index contributed by atoms with van der Waals surface area (Å²) in [4.78, 5) is 2.63. The van der Waals surface area contributed by atoms with E-state index in [1.165, 1.54) is 42.5 Å². The number of piperidine rings is 1. The molecular formula is C16H24ClN. The van der Waals surface area contributed by atoms with E-state index in [0.29, 0.717) is 6.04 Å². The van der Waals surface area contributed by atoms with Gasteiger partial charge in [0.25, 0.3) is 0 Å². The monoisotopic (exact) mass is 265 g/mol. The van der Waals surface area contributed by atoms with E-state index >= 15 is 0 Å². The van der Waals surface area contributed by atoms with E-state index in [0.717, 1.165) is 18.8 Å². The van der Waals surface area contributed by atoms with Gasteiger partial charge in [-0.1, -0.05) is 35.7 Å². The predicted molar refractivity (Wildman–Crippen MR) is 79.3 cm³/mol. The van der Waals surface area contributed by atoms with Gasteiger partial charge in [0.15, 0.2) is 0 Å². The lowest BCUT2D eigenvalue weighted by Gasteiger charge is -2.35. The van der Waals surface area contributed by atoms with Crippen LogP contribution in [0.5, 0.6) is 0 Å². The van der Waals surface area contributed by atoms with Gasteiger partial charge in [0.05, 0.1) is 0 Å². The molecule has 1 atom stereocenters. The SMILES string of the molecule is Cc1cc(C)cc(CN2CCCCC2CCCl)c1. The minimum atomic E-state index is 0.692. The van der Waals surface area contributed by atoms with Crippen LogP contribution >= 0.6 is 11.6 Å². The van der Waals surface area contributed by atoms with Crippen LogP contribution in [-0.4, -0.2) is 23.4 Å². The highest BCUT2D eigenvalue weighted by molar-refractivity contribution is 6.17. The first-order valence-corrected chi connectivity index (χ1v) is 7.59. The largest absolute Gasteiger partial charge is 0.296 e. The number of benzene rings is 1. The summed E-state index contributed by atoms with van der Waals surface area (Å²) in [7, 11) is 0. The Morgan fingerprint density at radius 2 is 1.89 bits per heavy atom. The van der Waals surface area contributed by atoms with Crippen molar-refractivity contribution in [3.8, 4) is 0 Å². The summed E-state index contributed by atoms with van der Waals surface area (Å²) in [5, 5.41) is 0. The molecule has 0 amide bonds. The van der Waals surface area contributed by atoms with Gasteiger partial charge in [-0.2, -0.15) is 0 Å². The Morgan fingerprint density at radius 1 is 1.17 bits per heavy atom. The third-order valence-electron chi connectivity index (χ3n) is 3.86. The average Bonchev–Trinajstić information content (AvgIpc) is 2.30. The molecule has 1 aliphatic rings. The summed E-state index contributed by atoms with van der Waals surface area (Å²) in [6.07, 6.45) is 5.15. The summed E-state index contributed by atoms with van der Waals surface area (Å²) in [6.45, 7) is 6.69. The number of alkyl halides is 1. The molecule has 1 aromatic rings. The van der Waals surface area contributed by atoms with Gasteiger partial charge in [-0.25, -0.2) is 0 Å². The number of rotatable bonds is 4. The van der Waals surface area contributed by atoms with Crippen molar-refractivity contribution >= 4 is 11.6 Å². The highest BCUT2D eigenvalue weighted by Crippen LogP contribution is 2.23. The van der Waals surface area contributed by atoms with Gasteiger partial charge in [-0.3, -0.25) is 4.90 Å². The van der Waals surface area contributed by atoms with Crippen molar-refractivity contribution in [2.75, 3.05) is 12.4 Å². The van der Waals surface area contributed by atoms with Crippen LogP contribution in [-0.2, 0) is 6.54 Å². The van der Waals surface area contributed by atoms with E-state index in [1.54, 1.807) is 0 Å². The topological polar surface area (TPSA) is 3.24 Å². The first-order valence-electron chi connectivity index (χ1n) is 7.06. The van der Waals surface area contributed by atoms with E-state index in [9.17, 15) is 0 Å². The fourth-order valence-corrected chi connectivity index (χ4v) is 3.37. The Kier molecular flexibility index (Phi) is 5.08. The number of nitrogens with zero attached hydrogens (tertiary/aromatic N) is 1. The molecule has 18 heavy (non-hydrogen) atoms. The van der Waals surface area contributed by atoms with Crippen LogP contribution in [0.25, 0.3) is 0 Å².